The number of aryl methyl sites for hydroxylation is 18. The summed E-state index contributed by atoms with van der Waals surface area (Å²) < 4.78 is 0. The minimum atomic E-state index is 1.04. The summed E-state index contributed by atoms with van der Waals surface area (Å²) >= 11 is 0. The summed E-state index contributed by atoms with van der Waals surface area (Å²) in [6, 6.07) is 97.8. The molecule has 0 spiro atoms. The predicted molar refractivity (Wildman–Crippen MR) is 418 cm³/mol. The van der Waals surface area contributed by atoms with Crippen molar-refractivity contribution in [2.45, 2.75) is 125 Å². The van der Waals surface area contributed by atoms with E-state index in [-0.39, 0.29) is 0 Å². The maximum atomic E-state index is 4.38. The van der Waals surface area contributed by atoms with Gasteiger partial charge in [0.1, 0.15) is 0 Å². The van der Waals surface area contributed by atoms with Crippen LogP contribution in [0.2, 0.25) is 0 Å². The molecule has 3 nitrogen and oxygen atoms in total. The molecule has 13 aromatic rings. The van der Waals surface area contributed by atoms with Gasteiger partial charge < -0.3 is 0 Å². The van der Waals surface area contributed by atoms with E-state index >= 15 is 0 Å². The normalized spacial score (nSPS) is 9.77. The van der Waals surface area contributed by atoms with Gasteiger partial charge in [0.15, 0.2) is 0 Å². The van der Waals surface area contributed by atoms with Crippen molar-refractivity contribution in [2.24, 2.45) is 0 Å². The van der Waals surface area contributed by atoms with Gasteiger partial charge in [-0.15, -0.1) is 0 Å². The molecule has 10 aromatic carbocycles. The van der Waals surface area contributed by atoms with Gasteiger partial charge in [0.05, 0.1) is 5.69 Å². The van der Waals surface area contributed by atoms with Gasteiger partial charge in [-0.05, 0) is 193 Å². The maximum Gasteiger partial charge on any atom is 0.0702 e. The van der Waals surface area contributed by atoms with E-state index in [4.69, 9.17) is 0 Å². The molecule has 0 atom stereocenters. The molecular formula is C93H103N3. The summed E-state index contributed by atoms with van der Waals surface area (Å²) in [5.41, 5.74) is 32.9. The highest BCUT2D eigenvalue weighted by molar-refractivity contribution is 5.66. The van der Waals surface area contributed by atoms with Crippen molar-refractivity contribution in [1.29, 1.82) is 0 Å². The zero-order valence-electron chi connectivity index (χ0n) is 60.6. The molecule has 0 amide bonds. The summed E-state index contributed by atoms with van der Waals surface area (Å²) in [4.78, 5) is 12.5. The quantitative estimate of drug-likeness (QED) is 0.176. The van der Waals surface area contributed by atoms with Crippen LogP contribution < -0.4 is 0 Å². The van der Waals surface area contributed by atoms with Crippen molar-refractivity contribution in [1.82, 2.24) is 15.0 Å². The van der Waals surface area contributed by atoms with Crippen LogP contribution in [-0.4, -0.2) is 15.0 Å². The van der Waals surface area contributed by atoms with Gasteiger partial charge in [0, 0.05) is 35.5 Å². The second kappa shape index (κ2) is 41.4. The minimum Gasteiger partial charge on any atom is -0.261 e. The van der Waals surface area contributed by atoms with E-state index in [0.717, 1.165) is 17.1 Å². The van der Waals surface area contributed by atoms with Crippen LogP contribution in [-0.2, 0) is 0 Å². The van der Waals surface area contributed by atoms with Crippen LogP contribution >= 0.6 is 0 Å². The van der Waals surface area contributed by atoms with Crippen LogP contribution in [0, 0.1) is 125 Å². The molecule has 0 N–H and O–H groups in total. The topological polar surface area (TPSA) is 38.7 Å². The Morgan fingerprint density at radius 3 is 0.573 bits per heavy atom. The van der Waals surface area contributed by atoms with Crippen LogP contribution in [0.5, 0.6) is 0 Å². The molecular weight excluding hydrogens is 1160 g/mol. The first-order chi connectivity index (χ1) is 46.0. The fourth-order valence-corrected chi connectivity index (χ4v) is 9.24. The molecule has 0 fully saturated rings. The molecule has 3 aromatic heterocycles. The third-order valence-electron chi connectivity index (χ3n) is 15.2. The summed E-state index contributed by atoms with van der Waals surface area (Å²) in [7, 11) is 0. The molecule has 0 radical (unpaired) electrons. The highest BCUT2D eigenvalue weighted by Gasteiger charge is 2.01. The molecule has 13 rings (SSSR count). The Kier molecular flexibility index (Phi) is 32.9. The van der Waals surface area contributed by atoms with E-state index in [2.05, 4.69) is 372 Å². The molecule has 0 unspecified atom stereocenters. The standard InChI is InChI=1S/3C14H14.C13H13N.3C8H10.2C7H9N/c1-11-3-7-13(8-4-11)14-9-5-12(2)6-10-14;1-11-5-3-7-13(9-11)14-8-4-6-12(2)10-14;1-11-6-8-13(9-7-11)14-5-3-4-12(2)10-14;1-10-3-6-12(7-4-10)13-8-5-11(2)9-14-13;2*1-7-3-5-8(2)6-4-7;1-7-4-3-5-8(2)6-7;2*1-6-3-4-7(2)8-5-6/h3*3-10H,1-2H3;3-9H,1-2H3;3*3-6H,1-2H3;2*3-5H,1-2H3. The molecule has 0 aliphatic rings. The maximum absolute atomic E-state index is 4.38. The van der Waals surface area contributed by atoms with Crippen molar-refractivity contribution in [2.75, 3.05) is 0 Å². The predicted octanol–water partition coefficient (Wildman–Crippen LogP) is 25.6. The van der Waals surface area contributed by atoms with E-state index in [1.54, 1.807) is 0 Å². The second-order valence-corrected chi connectivity index (χ2v) is 25.2. The third-order valence-corrected chi connectivity index (χ3v) is 15.2. The highest BCUT2D eigenvalue weighted by Crippen LogP contribution is 2.24. The second-order valence-electron chi connectivity index (χ2n) is 25.2. The van der Waals surface area contributed by atoms with Gasteiger partial charge in [-0.1, -0.05) is 333 Å². The first kappa shape index (κ1) is 76.4. The highest BCUT2D eigenvalue weighted by atomic mass is 14.7. The van der Waals surface area contributed by atoms with E-state index < -0.39 is 0 Å². The Balaban J connectivity index is 0.000000198. The molecule has 490 valence electrons. The summed E-state index contributed by atoms with van der Waals surface area (Å²) in [6.07, 6.45) is 5.64. The van der Waals surface area contributed by atoms with Crippen molar-refractivity contribution in [3.05, 3.63) is 398 Å². The lowest BCUT2D eigenvalue weighted by Crippen LogP contribution is -1.83. The lowest BCUT2D eigenvalue weighted by Gasteiger charge is -2.03. The van der Waals surface area contributed by atoms with E-state index in [9.17, 15) is 0 Å². The largest absolute Gasteiger partial charge is 0.261 e. The Morgan fingerprint density at radius 2 is 0.354 bits per heavy atom. The summed E-state index contributed by atoms with van der Waals surface area (Å²) in [5.74, 6) is 0. The Bertz CT molecular complexity index is 3770. The van der Waals surface area contributed by atoms with Crippen LogP contribution in [0.15, 0.2) is 298 Å². The average Bonchev–Trinajstić information content (AvgIpc) is 1.62. The molecule has 96 heavy (non-hydrogen) atoms. The fraction of sp³-hybridized carbons (Fsp3) is 0.194. The van der Waals surface area contributed by atoms with Crippen LogP contribution in [0.4, 0.5) is 0 Å². The first-order valence-corrected chi connectivity index (χ1v) is 33.3. The lowest BCUT2D eigenvalue weighted by atomic mass is 10.0. The van der Waals surface area contributed by atoms with Gasteiger partial charge in [-0.3, -0.25) is 15.0 Å². The Morgan fingerprint density at radius 1 is 0.146 bits per heavy atom. The van der Waals surface area contributed by atoms with Crippen molar-refractivity contribution < 1.29 is 0 Å². The Hall–Kier alpha value is -10.4. The van der Waals surface area contributed by atoms with Crippen LogP contribution in [0.3, 0.4) is 0 Å². The monoisotopic (exact) mass is 1260 g/mol. The number of pyridine rings is 3. The van der Waals surface area contributed by atoms with Crippen molar-refractivity contribution >= 4 is 0 Å². The SMILES string of the molecule is Cc1ccc(-c2ccc(C)cc2)cc1.Cc1ccc(-c2ccc(C)cn2)cc1.Cc1ccc(-c2cccc(C)c2)cc1.Cc1ccc(C)cc1.Cc1ccc(C)cc1.Cc1ccc(C)nc1.Cc1ccc(C)nc1.Cc1cccc(-c2cccc(C)c2)c1.Cc1cccc(C)c1. The minimum absolute atomic E-state index is 1.04. The van der Waals surface area contributed by atoms with Crippen LogP contribution in [0.1, 0.15) is 100 Å². The molecule has 0 bridgehead atoms. The number of rotatable bonds is 4. The number of nitrogens with zero attached hydrogens (tertiary/aromatic N) is 3. The number of aromatic nitrogens is 3. The van der Waals surface area contributed by atoms with Gasteiger partial charge in [-0.2, -0.15) is 0 Å². The molecule has 0 saturated carbocycles. The Labute approximate surface area is 578 Å². The molecule has 3 heteroatoms. The smallest absolute Gasteiger partial charge is 0.0702 e. The lowest BCUT2D eigenvalue weighted by molar-refractivity contribution is 1.17. The van der Waals surface area contributed by atoms with Gasteiger partial charge in [-0.25, -0.2) is 0 Å². The zero-order chi connectivity index (χ0) is 69.8. The van der Waals surface area contributed by atoms with Crippen molar-refractivity contribution in [3.8, 4) is 44.6 Å². The number of hydrogen-bond acceptors (Lipinski definition) is 3. The molecule has 0 saturated heterocycles. The molecule has 0 aliphatic heterocycles. The van der Waals surface area contributed by atoms with E-state index in [1.807, 2.05) is 65.3 Å². The third kappa shape index (κ3) is 31.1. The summed E-state index contributed by atoms with van der Waals surface area (Å²) in [5, 5.41) is 0. The number of hydrogen-bond donors (Lipinski definition) is 0. The van der Waals surface area contributed by atoms with Crippen molar-refractivity contribution in [3.63, 3.8) is 0 Å². The van der Waals surface area contributed by atoms with E-state index in [1.165, 1.54) is 128 Å². The van der Waals surface area contributed by atoms with Gasteiger partial charge in [0.2, 0.25) is 0 Å². The van der Waals surface area contributed by atoms with Crippen LogP contribution in [0.25, 0.3) is 44.6 Å². The average molecular weight is 1260 g/mol. The molecule has 3 heterocycles. The molecule has 0 aliphatic carbocycles. The fourth-order valence-electron chi connectivity index (χ4n) is 9.24. The zero-order valence-corrected chi connectivity index (χ0v) is 60.6. The first-order valence-electron chi connectivity index (χ1n) is 33.3. The van der Waals surface area contributed by atoms with E-state index in [0.29, 0.717) is 0 Å². The summed E-state index contributed by atoms with van der Waals surface area (Å²) in [6.45, 7) is 37.5. The van der Waals surface area contributed by atoms with Gasteiger partial charge >= 0.3 is 0 Å². The number of benzene rings is 10. The van der Waals surface area contributed by atoms with Gasteiger partial charge in [0.25, 0.3) is 0 Å².